The largest absolute Gasteiger partial charge is 0.496 e. The molecule has 124 valence electrons. The van der Waals surface area contributed by atoms with E-state index in [-0.39, 0.29) is 18.6 Å². The Kier molecular flexibility index (Phi) is 5.80. The van der Waals surface area contributed by atoms with Crippen molar-refractivity contribution in [1.82, 2.24) is 5.32 Å². The molecule has 2 rings (SSSR count). The number of aryl methyl sites for hydroxylation is 1. The van der Waals surface area contributed by atoms with Crippen molar-refractivity contribution in [1.29, 1.82) is 5.26 Å². The number of rotatable bonds is 6. The van der Waals surface area contributed by atoms with E-state index in [1.54, 1.807) is 31.4 Å². The summed E-state index contributed by atoms with van der Waals surface area (Å²) < 4.78 is 10.8. The van der Waals surface area contributed by atoms with Gasteiger partial charge in [-0.2, -0.15) is 5.26 Å². The van der Waals surface area contributed by atoms with Crippen LogP contribution < -0.4 is 14.8 Å². The third kappa shape index (κ3) is 4.26. The Balaban J connectivity index is 2.00. The number of nitrogens with zero attached hydrogens (tertiary/aromatic N) is 1. The summed E-state index contributed by atoms with van der Waals surface area (Å²) in [5, 5.41) is 11.9. The zero-order chi connectivity index (χ0) is 17.5. The molecule has 1 atom stereocenters. The highest BCUT2D eigenvalue weighted by molar-refractivity contribution is 5.78. The Hall–Kier alpha value is -3.00. The van der Waals surface area contributed by atoms with Crippen LogP contribution in [0.1, 0.15) is 29.7 Å². The van der Waals surface area contributed by atoms with Crippen molar-refractivity contribution in [3.63, 3.8) is 0 Å². The molecule has 0 heterocycles. The zero-order valence-corrected chi connectivity index (χ0v) is 14.0. The van der Waals surface area contributed by atoms with Gasteiger partial charge in [0.2, 0.25) is 0 Å². The fourth-order valence-electron chi connectivity index (χ4n) is 2.38. The number of hydrogen-bond acceptors (Lipinski definition) is 4. The molecular weight excluding hydrogens is 304 g/mol. The van der Waals surface area contributed by atoms with Crippen LogP contribution in [0.25, 0.3) is 0 Å². The minimum Gasteiger partial charge on any atom is -0.496 e. The van der Waals surface area contributed by atoms with Gasteiger partial charge in [-0.1, -0.05) is 29.8 Å². The maximum absolute atomic E-state index is 12.1. The Bertz CT molecular complexity index is 765. The summed E-state index contributed by atoms with van der Waals surface area (Å²) in [6.07, 6.45) is 0. The third-order valence-corrected chi connectivity index (χ3v) is 3.60. The van der Waals surface area contributed by atoms with Gasteiger partial charge >= 0.3 is 0 Å². The predicted octanol–water partition coefficient (Wildman–Crippen LogP) is 3.13. The van der Waals surface area contributed by atoms with Gasteiger partial charge in [0.25, 0.3) is 5.91 Å². The summed E-state index contributed by atoms with van der Waals surface area (Å²) in [7, 11) is 1.60. The van der Waals surface area contributed by atoms with E-state index < -0.39 is 0 Å². The minimum atomic E-state index is -0.265. The number of para-hydroxylation sites is 1. The van der Waals surface area contributed by atoms with Gasteiger partial charge in [0.1, 0.15) is 17.6 Å². The molecule has 1 amide bonds. The maximum atomic E-state index is 12.1. The molecule has 2 aromatic rings. The standard InChI is InChI=1S/C19H20N2O3/c1-13-8-9-18(23-3)16(10-13)14(2)21-19(22)12-24-17-7-5-4-6-15(17)11-20/h4-10,14H,12H2,1-3H3,(H,21,22)/t14-/m1/s1. The van der Waals surface area contributed by atoms with Crippen LogP contribution in [0.2, 0.25) is 0 Å². The van der Waals surface area contributed by atoms with Crippen molar-refractivity contribution in [3.8, 4) is 17.6 Å². The van der Waals surface area contributed by atoms with Crippen LogP contribution in [-0.2, 0) is 4.79 Å². The fourth-order valence-corrected chi connectivity index (χ4v) is 2.38. The van der Waals surface area contributed by atoms with Crippen molar-refractivity contribution in [2.24, 2.45) is 0 Å². The SMILES string of the molecule is COc1ccc(C)cc1[C@@H](C)NC(=O)COc1ccccc1C#N. The van der Waals surface area contributed by atoms with Gasteiger partial charge in [-0.15, -0.1) is 0 Å². The summed E-state index contributed by atoms with van der Waals surface area (Å²) >= 11 is 0. The zero-order valence-electron chi connectivity index (χ0n) is 14.0. The van der Waals surface area contributed by atoms with E-state index >= 15 is 0 Å². The lowest BCUT2D eigenvalue weighted by molar-refractivity contribution is -0.123. The second kappa shape index (κ2) is 8.02. The Morgan fingerprint density at radius 2 is 2.00 bits per heavy atom. The van der Waals surface area contributed by atoms with Crippen molar-refractivity contribution in [3.05, 3.63) is 59.2 Å². The first-order valence-corrected chi connectivity index (χ1v) is 7.61. The molecule has 0 radical (unpaired) electrons. The number of hydrogen-bond donors (Lipinski definition) is 1. The lowest BCUT2D eigenvalue weighted by Gasteiger charge is -2.18. The molecule has 0 saturated carbocycles. The Morgan fingerprint density at radius 1 is 1.25 bits per heavy atom. The first-order valence-electron chi connectivity index (χ1n) is 7.61. The summed E-state index contributed by atoms with van der Waals surface area (Å²) in [5.41, 5.74) is 2.40. The van der Waals surface area contributed by atoms with Crippen molar-refractivity contribution < 1.29 is 14.3 Å². The lowest BCUT2D eigenvalue weighted by Crippen LogP contribution is -2.31. The summed E-state index contributed by atoms with van der Waals surface area (Å²) in [4.78, 5) is 12.1. The molecule has 0 spiro atoms. The number of ether oxygens (including phenoxy) is 2. The molecule has 24 heavy (non-hydrogen) atoms. The van der Waals surface area contributed by atoms with Crippen molar-refractivity contribution in [2.45, 2.75) is 19.9 Å². The summed E-state index contributed by atoms with van der Waals surface area (Å²) in [5.74, 6) is 0.860. The average molecular weight is 324 g/mol. The van der Waals surface area contributed by atoms with E-state index in [4.69, 9.17) is 14.7 Å². The topological polar surface area (TPSA) is 71.3 Å². The van der Waals surface area contributed by atoms with Crippen molar-refractivity contribution in [2.75, 3.05) is 13.7 Å². The van der Waals surface area contributed by atoms with Gasteiger partial charge < -0.3 is 14.8 Å². The van der Waals surface area contributed by atoms with E-state index in [2.05, 4.69) is 5.32 Å². The Labute approximate surface area is 141 Å². The fraction of sp³-hybridized carbons (Fsp3) is 0.263. The molecule has 0 aliphatic heterocycles. The molecule has 0 saturated heterocycles. The molecule has 0 aliphatic carbocycles. The Morgan fingerprint density at radius 3 is 2.71 bits per heavy atom. The van der Waals surface area contributed by atoms with Gasteiger partial charge in [0, 0.05) is 5.56 Å². The third-order valence-electron chi connectivity index (χ3n) is 3.60. The average Bonchev–Trinajstić information content (AvgIpc) is 2.60. The molecule has 2 aromatic carbocycles. The van der Waals surface area contributed by atoms with E-state index in [9.17, 15) is 4.79 Å². The predicted molar refractivity (Wildman–Crippen MR) is 90.9 cm³/mol. The van der Waals surface area contributed by atoms with Crippen LogP contribution in [0.15, 0.2) is 42.5 Å². The van der Waals surface area contributed by atoms with E-state index in [1.165, 1.54) is 0 Å². The van der Waals surface area contributed by atoms with E-state index in [0.29, 0.717) is 11.3 Å². The first kappa shape index (κ1) is 17.4. The van der Waals surface area contributed by atoms with Crippen molar-refractivity contribution >= 4 is 5.91 Å². The van der Waals surface area contributed by atoms with Crippen LogP contribution in [-0.4, -0.2) is 19.6 Å². The summed E-state index contributed by atoms with van der Waals surface area (Å²) in [6, 6.07) is 14.5. The van der Waals surface area contributed by atoms with Gasteiger partial charge in [-0.3, -0.25) is 4.79 Å². The van der Waals surface area contributed by atoms with Gasteiger partial charge in [0.05, 0.1) is 18.7 Å². The van der Waals surface area contributed by atoms with Crippen LogP contribution in [0.5, 0.6) is 11.5 Å². The van der Waals surface area contributed by atoms with Crippen LogP contribution >= 0.6 is 0 Å². The van der Waals surface area contributed by atoms with Gasteiger partial charge in [0.15, 0.2) is 6.61 Å². The number of nitrogens with one attached hydrogen (secondary N) is 1. The highest BCUT2D eigenvalue weighted by Crippen LogP contribution is 2.26. The van der Waals surface area contributed by atoms with Crippen LogP contribution in [0.3, 0.4) is 0 Å². The number of carbonyl (C=O) groups excluding carboxylic acids is 1. The molecule has 1 N–H and O–H groups in total. The number of nitriles is 1. The number of methoxy groups -OCH3 is 1. The number of amides is 1. The van der Waals surface area contributed by atoms with Crippen LogP contribution in [0, 0.1) is 18.3 Å². The molecule has 0 aromatic heterocycles. The first-order chi connectivity index (χ1) is 11.5. The molecular formula is C19H20N2O3. The lowest BCUT2D eigenvalue weighted by atomic mass is 10.0. The van der Waals surface area contributed by atoms with E-state index in [0.717, 1.165) is 16.9 Å². The highest BCUT2D eigenvalue weighted by atomic mass is 16.5. The molecule has 0 fully saturated rings. The van der Waals surface area contributed by atoms with Gasteiger partial charge in [-0.25, -0.2) is 0 Å². The second-order valence-corrected chi connectivity index (χ2v) is 5.43. The maximum Gasteiger partial charge on any atom is 0.258 e. The van der Waals surface area contributed by atoms with Crippen LogP contribution in [0.4, 0.5) is 0 Å². The highest BCUT2D eigenvalue weighted by Gasteiger charge is 2.15. The monoisotopic (exact) mass is 324 g/mol. The number of carbonyl (C=O) groups is 1. The van der Waals surface area contributed by atoms with E-state index in [1.807, 2.05) is 38.1 Å². The van der Waals surface area contributed by atoms with Gasteiger partial charge in [-0.05, 0) is 32.0 Å². The quantitative estimate of drug-likeness (QED) is 0.886. The second-order valence-electron chi connectivity index (χ2n) is 5.43. The molecule has 0 bridgehead atoms. The summed E-state index contributed by atoms with van der Waals surface area (Å²) in [6.45, 7) is 3.72. The molecule has 0 unspecified atom stereocenters. The molecule has 5 nitrogen and oxygen atoms in total. The smallest absolute Gasteiger partial charge is 0.258 e. The number of benzene rings is 2. The minimum absolute atomic E-state index is 0.156. The normalized spacial score (nSPS) is 11.2. The molecule has 5 heteroatoms. The molecule has 0 aliphatic rings.